The second kappa shape index (κ2) is 10.8. The minimum absolute atomic E-state index is 0.0329. The monoisotopic (exact) mass is 497 g/mol. The van der Waals surface area contributed by atoms with Gasteiger partial charge in [-0.2, -0.15) is 0 Å². The van der Waals surface area contributed by atoms with Gasteiger partial charge in [-0.3, -0.25) is 19.7 Å². The third-order valence-electron chi connectivity index (χ3n) is 5.06. The van der Waals surface area contributed by atoms with E-state index in [9.17, 15) is 24.5 Å². The molecule has 0 fully saturated rings. The summed E-state index contributed by atoms with van der Waals surface area (Å²) in [6.45, 7) is 4.88. The number of aryl methyl sites for hydroxylation is 1. The van der Waals surface area contributed by atoms with Gasteiger partial charge >= 0.3 is 5.97 Å². The van der Waals surface area contributed by atoms with Crippen molar-refractivity contribution in [2.24, 2.45) is 0 Å². The molecule has 1 aromatic heterocycles. The lowest BCUT2D eigenvalue weighted by atomic mass is 10.1. The van der Waals surface area contributed by atoms with Crippen molar-refractivity contribution in [2.45, 2.75) is 20.8 Å². The van der Waals surface area contributed by atoms with Crippen LogP contribution in [-0.4, -0.2) is 36.4 Å². The second-order valence-corrected chi connectivity index (χ2v) is 8.40. The molecule has 0 saturated heterocycles. The Balaban J connectivity index is 1.96. The largest absolute Gasteiger partial charge is 0.497 e. The van der Waals surface area contributed by atoms with Crippen molar-refractivity contribution in [3.05, 3.63) is 79.7 Å². The predicted molar refractivity (Wildman–Crippen MR) is 132 cm³/mol. The lowest BCUT2D eigenvalue weighted by Gasteiger charge is -2.08. The van der Waals surface area contributed by atoms with E-state index in [4.69, 9.17) is 9.47 Å². The SMILES string of the molecule is CCOC(=O)c1c(NC(=O)c2ccc(C)c([N+](=O)[O-])c2)sc(C(=O)Nc2cccc(OC)c2)c1C. The molecule has 2 amide bonds. The van der Waals surface area contributed by atoms with E-state index in [0.717, 1.165) is 17.4 Å². The molecule has 10 nitrogen and oxygen atoms in total. The predicted octanol–water partition coefficient (Wildman–Crippen LogP) is 4.96. The molecule has 0 radical (unpaired) electrons. The summed E-state index contributed by atoms with van der Waals surface area (Å²) in [7, 11) is 1.51. The Morgan fingerprint density at radius 2 is 1.80 bits per heavy atom. The fourth-order valence-electron chi connectivity index (χ4n) is 3.28. The number of nitrogens with one attached hydrogen (secondary N) is 2. The first kappa shape index (κ1) is 25.4. The average molecular weight is 498 g/mol. The number of anilines is 2. The van der Waals surface area contributed by atoms with Crippen molar-refractivity contribution in [3.8, 4) is 5.75 Å². The van der Waals surface area contributed by atoms with Crippen molar-refractivity contribution in [1.29, 1.82) is 0 Å². The van der Waals surface area contributed by atoms with E-state index in [-0.39, 0.29) is 33.3 Å². The standard InChI is InChI=1S/C24H23N3O7S/c1-5-34-24(30)19-14(3)20(22(29)25-16-7-6-8-17(12-16)33-4)35-23(19)26-21(28)15-10-9-13(2)18(11-15)27(31)32/h6-12H,5H2,1-4H3,(H,25,29)(H,26,28). The van der Waals surface area contributed by atoms with Crippen LogP contribution in [0.1, 0.15) is 48.4 Å². The topological polar surface area (TPSA) is 137 Å². The Kier molecular flexibility index (Phi) is 7.82. The molecule has 3 rings (SSSR count). The van der Waals surface area contributed by atoms with Gasteiger partial charge < -0.3 is 20.1 Å². The van der Waals surface area contributed by atoms with Gasteiger partial charge in [-0.15, -0.1) is 11.3 Å². The van der Waals surface area contributed by atoms with E-state index in [1.54, 1.807) is 45.0 Å². The zero-order valence-corrected chi connectivity index (χ0v) is 20.3. The van der Waals surface area contributed by atoms with Crippen LogP contribution < -0.4 is 15.4 Å². The van der Waals surface area contributed by atoms with E-state index in [1.165, 1.54) is 19.2 Å². The number of nitro benzene ring substituents is 1. The fraction of sp³-hybridized carbons (Fsp3) is 0.208. The Hall–Kier alpha value is -4.25. The normalized spacial score (nSPS) is 10.4. The molecule has 11 heteroatoms. The summed E-state index contributed by atoms with van der Waals surface area (Å²) in [6, 6.07) is 10.8. The molecule has 0 aliphatic heterocycles. The highest BCUT2D eigenvalue weighted by molar-refractivity contribution is 7.19. The lowest BCUT2D eigenvalue weighted by Crippen LogP contribution is -2.15. The zero-order chi connectivity index (χ0) is 25.7. The molecule has 0 spiro atoms. The summed E-state index contributed by atoms with van der Waals surface area (Å²) >= 11 is 0.904. The van der Waals surface area contributed by atoms with Crippen LogP contribution in [0.5, 0.6) is 5.75 Å². The van der Waals surface area contributed by atoms with Crippen molar-refractivity contribution >= 4 is 45.5 Å². The molecule has 35 heavy (non-hydrogen) atoms. The van der Waals surface area contributed by atoms with E-state index >= 15 is 0 Å². The number of benzene rings is 2. The fourth-order valence-corrected chi connectivity index (χ4v) is 4.36. The number of nitro groups is 1. The van der Waals surface area contributed by atoms with Gasteiger partial charge in [0.1, 0.15) is 10.8 Å². The van der Waals surface area contributed by atoms with E-state index in [2.05, 4.69) is 10.6 Å². The highest BCUT2D eigenvalue weighted by Gasteiger charge is 2.27. The molecule has 0 aliphatic rings. The average Bonchev–Trinajstić information content (AvgIpc) is 3.15. The van der Waals surface area contributed by atoms with E-state index in [1.807, 2.05) is 0 Å². The number of carbonyl (C=O) groups excluding carboxylic acids is 3. The molecular weight excluding hydrogens is 474 g/mol. The lowest BCUT2D eigenvalue weighted by molar-refractivity contribution is -0.385. The number of nitrogens with zero attached hydrogens (tertiary/aromatic N) is 1. The maximum absolute atomic E-state index is 13.0. The van der Waals surface area contributed by atoms with Crippen LogP contribution in [0.2, 0.25) is 0 Å². The summed E-state index contributed by atoms with van der Waals surface area (Å²) in [5.74, 6) is -1.30. The quantitative estimate of drug-likeness (QED) is 0.255. The first-order valence-electron chi connectivity index (χ1n) is 10.5. The van der Waals surface area contributed by atoms with Crippen molar-refractivity contribution in [3.63, 3.8) is 0 Å². The van der Waals surface area contributed by atoms with Crippen LogP contribution in [0.15, 0.2) is 42.5 Å². The van der Waals surface area contributed by atoms with Crippen LogP contribution >= 0.6 is 11.3 Å². The molecule has 2 N–H and O–H groups in total. The smallest absolute Gasteiger partial charge is 0.341 e. The molecule has 2 aromatic carbocycles. The third kappa shape index (κ3) is 5.64. The van der Waals surface area contributed by atoms with Crippen LogP contribution in [0, 0.1) is 24.0 Å². The second-order valence-electron chi connectivity index (χ2n) is 7.38. The molecule has 0 bridgehead atoms. The van der Waals surface area contributed by atoms with Gasteiger partial charge in [-0.05, 0) is 44.5 Å². The number of hydrogen-bond acceptors (Lipinski definition) is 8. The van der Waals surface area contributed by atoms with Crippen LogP contribution in [-0.2, 0) is 4.74 Å². The number of rotatable bonds is 8. The summed E-state index contributed by atoms with van der Waals surface area (Å²) < 4.78 is 10.3. The van der Waals surface area contributed by atoms with Crippen molar-refractivity contribution < 1.29 is 28.8 Å². The zero-order valence-electron chi connectivity index (χ0n) is 19.5. The molecule has 0 unspecified atom stereocenters. The Bertz CT molecular complexity index is 1320. The van der Waals surface area contributed by atoms with Crippen LogP contribution in [0.25, 0.3) is 0 Å². The maximum atomic E-state index is 13.0. The Morgan fingerprint density at radius 1 is 1.06 bits per heavy atom. The molecule has 3 aromatic rings. The maximum Gasteiger partial charge on any atom is 0.341 e. The third-order valence-corrected chi connectivity index (χ3v) is 6.26. The summed E-state index contributed by atoms with van der Waals surface area (Å²) in [4.78, 5) is 49.4. The number of thiophene rings is 1. The number of amides is 2. The van der Waals surface area contributed by atoms with Gasteiger partial charge in [0.2, 0.25) is 0 Å². The summed E-state index contributed by atoms with van der Waals surface area (Å²) in [5.41, 5.74) is 1.09. The number of esters is 1. The van der Waals surface area contributed by atoms with Gasteiger partial charge in [0, 0.05) is 28.9 Å². The van der Waals surface area contributed by atoms with Crippen molar-refractivity contribution in [2.75, 3.05) is 24.4 Å². The van der Waals surface area contributed by atoms with E-state index in [0.29, 0.717) is 22.6 Å². The highest BCUT2D eigenvalue weighted by atomic mass is 32.1. The minimum atomic E-state index is -0.702. The Labute approximate surface area is 205 Å². The minimum Gasteiger partial charge on any atom is -0.497 e. The number of carbonyl (C=O) groups is 3. The van der Waals surface area contributed by atoms with Gasteiger partial charge in [0.05, 0.1) is 29.1 Å². The molecule has 1 heterocycles. The molecule has 0 saturated carbocycles. The van der Waals surface area contributed by atoms with Gasteiger partial charge in [-0.1, -0.05) is 12.1 Å². The number of hydrogen-bond donors (Lipinski definition) is 2. The van der Waals surface area contributed by atoms with Gasteiger partial charge in [0.15, 0.2) is 0 Å². The van der Waals surface area contributed by atoms with Crippen molar-refractivity contribution in [1.82, 2.24) is 0 Å². The molecule has 0 atom stereocenters. The van der Waals surface area contributed by atoms with Gasteiger partial charge in [0.25, 0.3) is 17.5 Å². The molecule has 0 aliphatic carbocycles. The number of ether oxygens (including phenoxy) is 2. The first-order valence-corrected chi connectivity index (χ1v) is 11.3. The first-order chi connectivity index (χ1) is 16.7. The molecular formula is C24H23N3O7S. The van der Waals surface area contributed by atoms with Crippen LogP contribution in [0.4, 0.5) is 16.4 Å². The molecule has 182 valence electrons. The van der Waals surface area contributed by atoms with E-state index < -0.39 is 22.7 Å². The summed E-state index contributed by atoms with van der Waals surface area (Å²) in [5, 5.41) is 16.7. The van der Waals surface area contributed by atoms with Gasteiger partial charge in [-0.25, -0.2) is 4.79 Å². The van der Waals surface area contributed by atoms with Crippen LogP contribution in [0.3, 0.4) is 0 Å². The number of methoxy groups -OCH3 is 1. The summed E-state index contributed by atoms with van der Waals surface area (Å²) in [6.07, 6.45) is 0. The highest BCUT2D eigenvalue weighted by Crippen LogP contribution is 2.35. The Morgan fingerprint density at radius 3 is 2.46 bits per heavy atom.